The summed E-state index contributed by atoms with van der Waals surface area (Å²) in [5.41, 5.74) is 4.11. The number of hydrogen-bond donors (Lipinski definition) is 0. The third-order valence-electron chi connectivity index (χ3n) is 3.51. The third-order valence-corrected chi connectivity index (χ3v) is 3.51. The molecule has 2 aromatic heterocycles. The average Bonchev–Trinajstić information content (AvgIpc) is 2.56. The zero-order chi connectivity index (χ0) is 15.4. The summed E-state index contributed by atoms with van der Waals surface area (Å²) < 4.78 is 5.77. The number of nitrogens with zero attached hydrogens (tertiary/aromatic N) is 2. The molecule has 0 N–H and O–H groups in total. The summed E-state index contributed by atoms with van der Waals surface area (Å²) in [5.74, 6) is 0. The molecule has 0 spiro atoms. The maximum atomic E-state index is 11.1. The number of carbonyl (C=O) groups is 1. The molecule has 0 fully saturated rings. The molecule has 0 aliphatic rings. The Labute approximate surface area is 128 Å². The van der Waals surface area contributed by atoms with Crippen LogP contribution in [0.2, 0.25) is 0 Å². The molecular formula is C18H16N2O2. The number of ether oxygens (including phenoxy) is 1. The van der Waals surface area contributed by atoms with Crippen molar-refractivity contribution in [3.63, 3.8) is 0 Å². The fourth-order valence-electron chi connectivity index (χ4n) is 2.39. The van der Waals surface area contributed by atoms with Crippen LogP contribution < -0.4 is 0 Å². The minimum Gasteiger partial charge on any atom is -0.372 e. The first-order valence-electron chi connectivity index (χ1n) is 7.10. The zero-order valence-corrected chi connectivity index (χ0v) is 12.3. The van der Waals surface area contributed by atoms with Crippen LogP contribution in [0.3, 0.4) is 0 Å². The molecule has 4 heteroatoms. The number of pyridine rings is 2. The number of rotatable bonds is 5. The van der Waals surface area contributed by atoms with E-state index >= 15 is 0 Å². The summed E-state index contributed by atoms with van der Waals surface area (Å²) in [5, 5.41) is 1.09. The Balaban J connectivity index is 1.74. The van der Waals surface area contributed by atoms with E-state index in [1.807, 2.05) is 49.4 Å². The van der Waals surface area contributed by atoms with Gasteiger partial charge in [-0.3, -0.25) is 9.78 Å². The molecule has 3 rings (SSSR count). The molecule has 4 nitrogen and oxygen atoms in total. The van der Waals surface area contributed by atoms with Crippen molar-refractivity contribution in [1.29, 1.82) is 0 Å². The fraction of sp³-hybridized carbons (Fsp3) is 0.167. The monoisotopic (exact) mass is 292 g/mol. The zero-order valence-electron chi connectivity index (χ0n) is 12.3. The van der Waals surface area contributed by atoms with Gasteiger partial charge >= 0.3 is 0 Å². The summed E-state index contributed by atoms with van der Waals surface area (Å²) in [4.78, 5) is 19.6. The molecule has 22 heavy (non-hydrogen) atoms. The number of aldehydes is 1. The predicted octanol–water partition coefficient (Wildman–Crippen LogP) is 3.47. The van der Waals surface area contributed by atoms with Gasteiger partial charge in [0.05, 0.1) is 18.7 Å². The first-order chi connectivity index (χ1) is 10.8. The van der Waals surface area contributed by atoms with Gasteiger partial charge in [-0.1, -0.05) is 24.3 Å². The van der Waals surface area contributed by atoms with E-state index in [1.165, 1.54) is 0 Å². The van der Waals surface area contributed by atoms with Crippen molar-refractivity contribution in [2.24, 2.45) is 0 Å². The molecular weight excluding hydrogens is 276 g/mol. The van der Waals surface area contributed by atoms with Crippen LogP contribution in [0, 0.1) is 6.92 Å². The normalized spacial score (nSPS) is 10.8. The Morgan fingerprint density at radius 3 is 2.77 bits per heavy atom. The molecule has 0 saturated carbocycles. The van der Waals surface area contributed by atoms with E-state index in [-0.39, 0.29) is 0 Å². The van der Waals surface area contributed by atoms with Crippen LogP contribution in [0.5, 0.6) is 0 Å². The van der Waals surface area contributed by atoms with Crippen molar-refractivity contribution in [3.05, 3.63) is 71.2 Å². The quantitative estimate of drug-likeness (QED) is 0.676. The van der Waals surface area contributed by atoms with E-state index in [2.05, 4.69) is 9.97 Å². The second kappa shape index (κ2) is 6.45. The average molecular weight is 292 g/mol. The van der Waals surface area contributed by atoms with Crippen molar-refractivity contribution in [2.75, 3.05) is 0 Å². The Bertz CT molecular complexity index is 810. The SMILES string of the molecule is Cc1ccc(COCc2cccc3ncccc23)c(C=O)n1. The van der Waals surface area contributed by atoms with Crippen LogP contribution in [-0.4, -0.2) is 16.3 Å². The number of aryl methyl sites for hydroxylation is 1. The van der Waals surface area contributed by atoms with Crippen molar-refractivity contribution in [3.8, 4) is 0 Å². The predicted molar refractivity (Wildman–Crippen MR) is 84.6 cm³/mol. The van der Waals surface area contributed by atoms with E-state index in [4.69, 9.17) is 4.74 Å². The van der Waals surface area contributed by atoms with Gasteiger partial charge in [-0.2, -0.15) is 0 Å². The number of carbonyl (C=O) groups excluding carboxylic acids is 1. The van der Waals surface area contributed by atoms with Gasteiger partial charge in [0.25, 0.3) is 0 Å². The Hall–Kier alpha value is -2.59. The van der Waals surface area contributed by atoms with Gasteiger partial charge in [-0.05, 0) is 30.7 Å². The van der Waals surface area contributed by atoms with Gasteiger partial charge in [-0.15, -0.1) is 0 Å². The van der Waals surface area contributed by atoms with E-state index in [0.717, 1.165) is 34.0 Å². The second-order valence-corrected chi connectivity index (χ2v) is 5.09. The maximum absolute atomic E-state index is 11.1. The lowest BCUT2D eigenvalue weighted by Crippen LogP contribution is -2.01. The van der Waals surface area contributed by atoms with Gasteiger partial charge in [0.2, 0.25) is 0 Å². The van der Waals surface area contributed by atoms with Gasteiger partial charge in [0, 0.05) is 22.8 Å². The molecule has 3 aromatic rings. The molecule has 1 aromatic carbocycles. The molecule has 0 saturated heterocycles. The molecule has 110 valence electrons. The summed E-state index contributed by atoms with van der Waals surface area (Å²) in [6, 6.07) is 13.7. The summed E-state index contributed by atoms with van der Waals surface area (Å²) in [6.45, 7) is 2.69. The van der Waals surface area contributed by atoms with Crippen molar-refractivity contribution in [1.82, 2.24) is 9.97 Å². The lowest BCUT2D eigenvalue weighted by Gasteiger charge is -2.09. The fourth-order valence-corrected chi connectivity index (χ4v) is 2.39. The Morgan fingerprint density at radius 1 is 1.05 bits per heavy atom. The number of fused-ring (bicyclic) bond motifs is 1. The summed E-state index contributed by atoms with van der Waals surface area (Å²) >= 11 is 0. The topological polar surface area (TPSA) is 52.1 Å². The van der Waals surface area contributed by atoms with Crippen LogP contribution in [0.25, 0.3) is 10.9 Å². The van der Waals surface area contributed by atoms with E-state index in [1.54, 1.807) is 6.20 Å². The Kier molecular flexibility index (Phi) is 4.21. The number of benzene rings is 1. The van der Waals surface area contributed by atoms with Crippen molar-refractivity contribution < 1.29 is 9.53 Å². The lowest BCUT2D eigenvalue weighted by atomic mass is 10.1. The van der Waals surface area contributed by atoms with Gasteiger partial charge < -0.3 is 4.74 Å². The smallest absolute Gasteiger partial charge is 0.168 e. The highest BCUT2D eigenvalue weighted by Crippen LogP contribution is 2.18. The molecule has 0 amide bonds. The van der Waals surface area contributed by atoms with Crippen LogP contribution in [0.1, 0.15) is 27.3 Å². The van der Waals surface area contributed by atoms with Gasteiger partial charge in [0.15, 0.2) is 6.29 Å². The Morgan fingerprint density at radius 2 is 1.91 bits per heavy atom. The molecule has 0 atom stereocenters. The van der Waals surface area contributed by atoms with E-state index < -0.39 is 0 Å². The highest BCUT2D eigenvalue weighted by Gasteiger charge is 2.05. The third kappa shape index (κ3) is 3.02. The molecule has 0 unspecified atom stereocenters. The van der Waals surface area contributed by atoms with Crippen molar-refractivity contribution >= 4 is 17.2 Å². The highest BCUT2D eigenvalue weighted by molar-refractivity contribution is 5.81. The second-order valence-electron chi connectivity index (χ2n) is 5.09. The number of hydrogen-bond acceptors (Lipinski definition) is 4. The van der Waals surface area contributed by atoms with E-state index in [0.29, 0.717) is 18.9 Å². The lowest BCUT2D eigenvalue weighted by molar-refractivity contribution is 0.103. The summed E-state index contributed by atoms with van der Waals surface area (Å²) in [7, 11) is 0. The molecule has 0 bridgehead atoms. The highest BCUT2D eigenvalue weighted by atomic mass is 16.5. The maximum Gasteiger partial charge on any atom is 0.168 e. The molecule has 0 radical (unpaired) electrons. The van der Waals surface area contributed by atoms with Gasteiger partial charge in [-0.25, -0.2) is 4.98 Å². The molecule has 0 aliphatic heterocycles. The van der Waals surface area contributed by atoms with Crippen LogP contribution >= 0.6 is 0 Å². The van der Waals surface area contributed by atoms with E-state index in [9.17, 15) is 4.79 Å². The largest absolute Gasteiger partial charge is 0.372 e. The van der Waals surface area contributed by atoms with Crippen molar-refractivity contribution in [2.45, 2.75) is 20.1 Å². The summed E-state index contributed by atoms with van der Waals surface area (Å²) in [6.07, 6.45) is 2.55. The standard InChI is InChI=1S/C18H16N2O2/c1-13-7-8-15(18(10-21)20-13)12-22-11-14-4-2-6-17-16(14)5-3-9-19-17/h2-10H,11-12H2,1H3. The van der Waals surface area contributed by atoms with Crippen LogP contribution in [0.4, 0.5) is 0 Å². The first-order valence-corrected chi connectivity index (χ1v) is 7.10. The molecule has 0 aliphatic carbocycles. The van der Waals surface area contributed by atoms with Crippen LogP contribution in [0.15, 0.2) is 48.7 Å². The van der Waals surface area contributed by atoms with Crippen LogP contribution in [-0.2, 0) is 18.0 Å². The first kappa shape index (κ1) is 14.4. The van der Waals surface area contributed by atoms with Gasteiger partial charge in [0.1, 0.15) is 5.69 Å². The minimum atomic E-state index is 0.359. The number of aromatic nitrogens is 2. The molecule has 2 heterocycles. The minimum absolute atomic E-state index is 0.359.